The molecule has 2 fully saturated rings. The first kappa shape index (κ1) is 22.8. The molecule has 7 nitrogen and oxygen atoms in total. The molecule has 28 heavy (non-hydrogen) atoms. The summed E-state index contributed by atoms with van der Waals surface area (Å²) in [5.41, 5.74) is -0.437. The van der Waals surface area contributed by atoms with Crippen LogP contribution < -0.4 is 10.6 Å². The van der Waals surface area contributed by atoms with Crippen LogP contribution in [0.5, 0.6) is 0 Å². The van der Waals surface area contributed by atoms with Gasteiger partial charge >= 0.3 is 6.09 Å². The summed E-state index contributed by atoms with van der Waals surface area (Å²) in [7, 11) is 0. The number of ether oxygens (including phenoxy) is 2. The van der Waals surface area contributed by atoms with Crippen LogP contribution in [0.1, 0.15) is 59.8 Å². The van der Waals surface area contributed by atoms with Gasteiger partial charge in [-0.1, -0.05) is 0 Å². The third-order valence-corrected chi connectivity index (χ3v) is 4.93. The number of nitrogens with zero attached hydrogens (tertiary/aromatic N) is 2. The van der Waals surface area contributed by atoms with E-state index in [1.54, 1.807) is 0 Å². The van der Waals surface area contributed by atoms with Crippen molar-refractivity contribution < 1.29 is 14.3 Å². The van der Waals surface area contributed by atoms with Gasteiger partial charge in [-0.15, -0.1) is 0 Å². The van der Waals surface area contributed by atoms with Gasteiger partial charge in [0.2, 0.25) is 0 Å². The van der Waals surface area contributed by atoms with Crippen molar-refractivity contribution in [3.63, 3.8) is 0 Å². The molecular formula is C21H40N4O3. The number of rotatable bonds is 9. The molecule has 0 spiro atoms. The third-order valence-electron chi connectivity index (χ3n) is 4.93. The molecule has 162 valence electrons. The van der Waals surface area contributed by atoms with Crippen molar-refractivity contribution in [2.24, 2.45) is 16.8 Å². The van der Waals surface area contributed by atoms with E-state index >= 15 is 0 Å². The van der Waals surface area contributed by atoms with Crippen LogP contribution in [-0.4, -0.2) is 68.5 Å². The van der Waals surface area contributed by atoms with E-state index < -0.39 is 5.60 Å². The Labute approximate surface area is 170 Å². The molecule has 0 aromatic rings. The number of piperidine rings is 1. The summed E-state index contributed by atoms with van der Waals surface area (Å²) in [6, 6.07) is 0. The van der Waals surface area contributed by atoms with E-state index in [1.807, 2.05) is 25.7 Å². The van der Waals surface area contributed by atoms with Crippen molar-refractivity contribution in [1.82, 2.24) is 15.5 Å². The summed E-state index contributed by atoms with van der Waals surface area (Å²) < 4.78 is 11.1. The maximum atomic E-state index is 12.2. The van der Waals surface area contributed by atoms with Crippen molar-refractivity contribution in [1.29, 1.82) is 0 Å². The zero-order valence-corrected chi connectivity index (χ0v) is 18.3. The van der Waals surface area contributed by atoms with Gasteiger partial charge in [-0.25, -0.2) is 4.79 Å². The summed E-state index contributed by atoms with van der Waals surface area (Å²) in [6.45, 7) is 13.5. The predicted octanol–water partition coefficient (Wildman–Crippen LogP) is 3.01. The molecule has 2 N–H and O–H groups in total. The molecule has 2 aliphatic rings. The Morgan fingerprint density at radius 1 is 1.11 bits per heavy atom. The van der Waals surface area contributed by atoms with E-state index in [0.29, 0.717) is 5.92 Å². The molecule has 0 atom stereocenters. The Bertz CT molecular complexity index is 492. The highest BCUT2D eigenvalue weighted by Gasteiger charge is 2.26. The molecule has 1 saturated heterocycles. The summed E-state index contributed by atoms with van der Waals surface area (Å²) in [5.74, 6) is 2.21. The van der Waals surface area contributed by atoms with Gasteiger partial charge in [-0.05, 0) is 71.6 Å². The quantitative estimate of drug-likeness (QED) is 0.356. The number of likely N-dealkylation sites (tertiary alicyclic amines) is 1. The van der Waals surface area contributed by atoms with Gasteiger partial charge in [0, 0.05) is 45.9 Å². The van der Waals surface area contributed by atoms with Gasteiger partial charge in [0.15, 0.2) is 5.96 Å². The normalized spacial score (nSPS) is 18.9. The zero-order valence-electron chi connectivity index (χ0n) is 18.3. The first-order chi connectivity index (χ1) is 13.4. The molecule has 2 rings (SSSR count). The largest absolute Gasteiger partial charge is 0.444 e. The van der Waals surface area contributed by atoms with Crippen molar-refractivity contribution in [2.45, 2.75) is 65.4 Å². The Morgan fingerprint density at radius 2 is 1.82 bits per heavy atom. The SMILES string of the molecule is CCNC(=NCC1CCN(C(=O)OC(C)(C)C)CC1)NCCCOCC1CC1. The van der Waals surface area contributed by atoms with Crippen LogP contribution >= 0.6 is 0 Å². The molecule has 1 saturated carbocycles. The fourth-order valence-electron chi connectivity index (χ4n) is 3.10. The first-order valence-electron chi connectivity index (χ1n) is 10.9. The third kappa shape index (κ3) is 9.62. The van der Waals surface area contributed by atoms with E-state index in [2.05, 4.69) is 17.6 Å². The Hall–Kier alpha value is -1.50. The molecule has 1 aliphatic heterocycles. The van der Waals surface area contributed by atoms with Crippen molar-refractivity contribution in [3.8, 4) is 0 Å². The maximum Gasteiger partial charge on any atom is 0.410 e. The van der Waals surface area contributed by atoms with Gasteiger partial charge < -0.3 is 25.0 Å². The lowest BCUT2D eigenvalue weighted by molar-refractivity contribution is 0.0187. The van der Waals surface area contributed by atoms with Crippen LogP contribution in [0, 0.1) is 11.8 Å². The maximum absolute atomic E-state index is 12.2. The second-order valence-corrected chi connectivity index (χ2v) is 8.93. The molecular weight excluding hydrogens is 356 g/mol. The summed E-state index contributed by atoms with van der Waals surface area (Å²) in [5, 5.41) is 6.70. The number of guanidine groups is 1. The van der Waals surface area contributed by atoms with Crippen LogP contribution in [0.2, 0.25) is 0 Å². The Morgan fingerprint density at radius 3 is 2.43 bits per heavy atom. The molecule has 0 unspecified atom stereocenters. The van der Waals surface area contributed by atoms with Gasteiger partial charge in [-0.3, -0.25) is 4.99 Å². The van der Waals surface area contributed by atoms with E-state index in [1.165, 1.54) is 12.8 Å². The number of hydrogen-bond donors (Lipinski definition) is 2. The smallest absolute Gasteiger partial charge is 0.410 e. The molecule has 0 bridgehead atoms. The monoisotopic (exact) mass is 396 g/mol. The van der Waals surface area contributed by atoms with Crippen LogP contribution in [0.25, 0.3) is 0 Å². The minimum absolute atomic E-state index is 0.201. The number of carbonyl (C=O) groups excluding carboxylic acids is 1. The van der Waals surface area contributed by atoms with Gasteiger partial charge in [0.1, 0.15) is 5.60 Å². The standard InChI is InChI=1S/C21H40N4O3/c1-5-22-19(23-11-6-14-27-16-18-7-8-18)24-15-17-9-12-25(13-10-17)20(26)28-21(2,3)4/h17-18H,5-16H2,1-4H3,(H2,22,23,24). The lowest BCUT2D eigenvalue weighted by Crippen LogP contribution is -2.42. The van der Waals surface area contributed by atoms with Crippen molar-refractivity contribution in [3.05, 3.63) is 0 Å². The van der Waals surface area contributed by atoms with E-state index in [0.717, 1.165) is 77.1 Å². The van der Waals surface area contributed by atoms with E-state index in [-0.39, 0.29) is 6.09 Å². The highest BCUT2D eigenvalue weighted by molar-refractivity contribution is 5.79. The Balaban J connectivity index is 1.63. The number of nitrogens with one attached hydrogen (secondary N) is 2. The highest BCUT2D eigenvalue weighted by atomic mass is 16.6. The second kappa shape index (κ2) is 11.5. The molecule has 1 amide bonds. The minimum Gasteiger partial charge on any atom is -0.444 e. The average molecular weight is 397 g/mol. The predicted molar refractivity (Wildman–Crippen MR) is 113 cm³/mol. The average Bonchev–Trinajstić information content (AvgIpc) is 3.45. The van der Waals surface area contributed by atoms with Crippen molar-refractivity contribution >= 4 is 12.1 Å². The fourth-order valence-corrected chi connectivity index (χ4v) is 3.10. The summed E-state index contributed by atoms with van der Waals surface area (Å²) >= 11 is 0. The van der Waals surface area contributed by atoms with E-state index in [4.69, 9.17) is 14.5 Å². The van der Waals surface area contributed by atoms with Crippen LogP contribution in [-0.2, 0) is 9.47 Å². The minimum atomic E-state index is -0.437. The van der Waals surface area contributed by atoms with Crippen molar-refractivity contribution in [2.75, 3.05) is 45.9 Å². The van der Waals surface area contributed by atoms with E-state index in [9.17, 15) is 4.79 Å². The molecule has 0 aromatic carbocycles. The second-order valence-electron chi connectivity index (χ2n) is 8.93. The van der Waals surface area contributed by atoms with Crippen LogP contribution in [0.15, 0.2) is 4.99 Å². The topological polar surface area (TPSA) is 75.2 Å². The molecule has 0 radical (unpaired) electrons. The first-order valence-corrected chi connectivity index (χ1v) is 10.9. The molecule has 1 heterocycles. The number of amides is 1. The number of aliphatic imine (C=N–C) groups is 1. The molecule has 1 aliphatic carbocycles. The van der Waals surface area contributed by atoms with Crippen LogP contribution in [0.4, 0.5) is 4.79 Å². The fraction of sp³-hybridized carbons (Fsp3) is 0.905. The zero-order chi connectivity index (χ0) is 20.4. The van der Waals surface area contributed by atoms with Crippen LogP contribution in [0.3, 0.4) is 0 Å². The van der Waals surface area contributed by atoms with Gasteiger partial charge in [-0.2, -0.15) is 0 Å². The Kier molecular flexibility index (Phi) is 9.35. The number of hydrogen-bond acceptors (Lipinski definition) is 4. The summed E-state index contributed by atoms with van der Waals surface area (Å²) in [4.78, 5) is 18.7. The molecule has 7 heteroatoms. The number of carbonyl (C=O) groups is 1. The molecule has 0 aromatic heterocycles. The summed E-state index contributed by atoms with van der Waals surface area (Å²) in [6.07, 6.45) is 5.41. The van der Waals surface area contributed by atoms with Gasteiger partial charge in [0.25, 0.3) is 0 Å². The lowest BCUT2D eigenvalue weighted by Gasteiger charge is -2.33. The van der Waals surface area contributed by atoms with Gasteiger partial charge in [0.05, 0.1) is 0 Å². The lowest BCUT2D eigenvalue weighted by atomic mass is 9.97. The highest BCUT2D eigenvalue weighted by Crippen LogP contribution is 2.28.